The predicted molar refractivity (Wildman–Crippen MR) is 63.8 cm³/mol. The molecule has 3 rings (SSSR count). The maximum atomic E-state index is 12.3. The largest absolute Gasteiger partial charge is 0.379 e. The molecule has 0 bridgehead atoms. The van der Waals surface area contributed by atoms with Crippen LogP contribution in [0, 0.1) is 5.92 Å². The molecule has 3 aliphatic rings. The van der Waals surface area contributed by atoms with Gasteiger partial charge in [0.2, 0.25) is 0 Å². The van der Waals surface area contributed by atoms with Gasteiger partial charge in [-0.1, -0.05) is 18.2 Å². The van der Waals surface area contributed by atoms with Crippen molar-refractivity contribution in [3.05, 3.63) is 24.3 Å². The van der Waals surface area contributed by atoms with Crippen molar-refractivity contribution in [1.82, 2.24) is 10.0 Å². The Morgan fingerprint density at radius 1 is 1.22 bits per heavy atom. The number of amides is 3. The van der Waals surface area contributed by atoms with Crippen molar-refractivity contribution in [2.24, 2.45) is 10.9 Å². The first-order valence-electron chi connectivity index (χ1n) is 5.91. The van der Waals surface area contributed by atoms with Gasteiger partial charge in [0.1, 0.15) is 5.92 Å². The molecule has 1 atom stereocenters. The zero-order valence-electron chi connectivity index (χ0n) is 9.78. The molecule has 0 radical (unpaired) electrons. The third-order valence-corrected chi connectivity index (χ3v) is 3.15. The van der Waals surface area contributed by atoms with Crippen LogP contribution in [0.4, 0.5) is 4.79 Å². The summed E-state index contributed by atoms with van der Waals surface area (Å²) in [7, 11) is 0. The Morgan fingerprint density at radius 2 is 2.00 bits per heavy atom. The van der Waals surface area contributed by atoms with Crippen LogP contribution in [-0.2, 0) is 9.53 Å². The molecule has 6 heteroatoms. The molecular weight excluding hydrogens is 234 g/mol. The third kappa shape index (κ3) is 1.79. The van der Waals surface area contributed by atoms with Gasteiger partial charge in [-0.2, -0.15) is 10.0 Å². The van der Waals surface area contributed by atoms with E-state index in [1.54, 1.807) is 29.3 Å². The van der Waals surface area contributed by atoms with Crippen molar-refractivity contribution >= 4 is 17.6 Å². The Hall–Kier alpha value is -1.79. The van der Waals surface area contributed by atoms with Crippen molar-refractivity contribution in [2.45, 2.75) is 0 Å². The van der Waals surface area contributed by atoms with Crippen molar-refractivity contribution in [3.8, 4) is 0 Å². The molecule has 0 spiro atoms. The number of urea groups is 1. The quantitative estimate of drug-likeness (QED) is 0.672. The van der Waals surface area contributed by atoms with Crippen LogP contribution in [0.5, 0.6) is 0 Å². The van der Waals surface area contributed by atoms with Gasteiger partial charge in [-0.25, -0.2) is 9.80 Å². The zero-order valence-corrected chi connectivity index (χ0v) is 9.78. The standard InChI is InChI=1S/C12H13N3O3/c16-11-9-3-1-2-4-10(9)13-12(17)15(11)14-5-7-18-8-6-14/h1-4,9H,5-8H2. The number of imide groups is 1. The van der Waals surface area contributed by atoms with Crippen molar-refractivity contribution in [1.29, 1.82) is 0 Å². The Kier molecular flexibility index (Phi) is 2.81. The number of ether oxygens (including phenoxy) is 1. The molecule has 2 heterocycles. The van der Waals surface area contributed by atoms with Crippen molar-refractivity contribution < 1.29 is 14.3 Å². The van der Waals surface area contributed by atoms with E-state index < -0.39 is 11.9 Å². The third-order valence-electron chi connectivity index (χ3n) is 3.15. The molecule has 18 heavy (non-hydrogen) atoms. The van der Waals surface area contributed by atoms with Crippen LogP contribution in [-0.4, -0.2) is 54.0 Å². The Labute approximate surface area is 104 Å². The van der Waals surface area contributed by atoms with Gasteiger partial charge >= 0.3 is 6.03 Å². The van der Waals surface area contributed by atoms with E-state index in [-0.39, 0.29) is 5.91 Å². The molecule has 3 amide bonds. The molecule has 1 aliphatic carbocycles. The number of hydrazine groups is 1. The molecule has 1 fully saturated rings. The second-order valence-corrected chi connectivity index (χ2v) is 4.26. The van der Waals surface area contributed by atoms with Crippen LogP contribution in [0.3, 0.4) is 0 Å². The van der Waals surface area contributed by atoms with E-state index >= 15 is 0 Å². The van der Waals surface area contributed by atoms with E-state index in [1.807, 2.05) is 0 Å². The number of nitrogens with zero attached hydrogens (tertiary/aromatic N) is 3. The first kappa shape index (κ1) is 11.3. The highest BCUT2D eigenvalue weighted by atomic mass is 16.5. The monoisotopic (exact) mass is 247 g/mol. The van der Waals surface area contributed by atoms with Crippen LogP contribution < -0.4 is 0 Å². The second kappa shape index (κ2) is 4.47. The summed E-state index contributed by atoms with van der Waals surface area (Å²) in [4.78, 5) is 28.2. The molecule has 0 N–H and O–H groups in total. The van der Waals surface area contributed by atoms with Crippen LogP contribution in [0.25, 0.3) is 0 Å². The number of rotatable bonds is 1. The number of hydrogen-bond acceptors (Lipinski definition) is 4. The van der Waals surface area contributed by atoms with E-state index in [1.165, 1.54) is 0 Å². The van der Waals surface area contributed by atoms with Gasteiger partial charge < -0.3 is 4.74 Å². The summed E-state index contributed by atoms with van der Waals surface area (Å²) in [6.45, 7) is 2.12. The summed E-state index contributed by atoms with van der Waals surface area (Å²) in [5.74, 6) is -0.664. The molecule has 0 aromatic rings. The van der Waals surface area contributed by atoms with Gasteiger partial charge in [-0.05, 0) is 6.08 Å². The number of carbonyl (C=O) groups excluding carboxylic acids is 2. The van der Waals surface area contributed by atoms with E-state index in [0.29, 0.717) is 32.0 Å². The van der Waals surface area contributed by atoms with Gasteiger partial charge in [0.05, 0.1) is 18.9 Å². The highest BCUT2D eigenvalue weighted by molar-refractivity contribution is 6.21. The van der Waals surface area contributed by atoms with Gasteiger partial charge in [-0.3, -0.25) is 4.79 Å². The molecular formula is C12H13N3O3. The average molecular weight is 247 g/mol. The van der Waals surface area contributed by atoms with Crippen LogP contribution >= 0.6 is 0 Å². The lowest BCUT2D eigenvalue weighted by molar-refractivity contribution is -0.148. The summed E-state index contributed by atoms with van der Waals surface area (Å²) >= 11 is 0. The fourth-order valence-corrected chi connectivity index (χ4v) is 2.25. The number of morpholine rings is 1. The smallest absolute Gasteiger partial charge is 0.365 e. The highest BCUT2D eigenvalue weighted by Gasteiger charge is 2.39. The van der Waals surface area contributed by atoms with Gasteiger partial charge in [0, 0.05) is 13.1 Å². The topological polar surface area (TPSA) is 62.2 Å². The SMILES string of the molecule is O=C1N=C2C=CC=CC2C(=O)N1N1CCOCC1. The fourth-order valence-electron chi connectivity index (χ4n) is 2.25. The van der Waals surface area contributed by atoms with E-state index in [2.05, 4.69) is 4.99 Å². The Morgan fingerprint density at radius 3 is 2.78 bits per heavy atom. The lowest BCUT2D eigenvalue weighted by Gasteiger charge is -2.38. The number of aliphatic imine (C=N–C) groups is 1. The van der Waals surface area contributed by atoms with Gasteiger partial charge in [0.25, 0.3) is 5.91 Å². The molecule has 2 aliphatic heterocycles. The van der Waals surface area contributed by atoms with Crippen molar-refractivity contribution in [2.75, 3.05) is 26.3 Å². The zero-order chi connectivity index (χ0) is 12.5. The van der Waals surface area contributed by atoms with E-state index in [0.717, 1.165) is 5.01 Å². The fraction of sp³-hybridized carbons (Fsp3) is 0.417. The number of carbonyl (C=O) groups is 2. The highest BCUT2D eigenvalue weighted by Crippen LogP contribution is 2.21. The average Bonchev–Trinajstić information content (AvgIpc) is 2.40. The Balaban J connectivity index is 1.89. The maximum Gasteiger partial charge on any atom is 0.365 e. The first-order chi connectivity index (χ1) is 8.77. The minimum atomic E-state index is -0.506. The number of hydrogen-bond donors (Lipinski definition) is 0. The first-order valence-corrected chi connectivity index (χ1v) is 5.91. The molecule has 6 nitrogen and oxygen atoms in total. The minimum Gasteiger partial charge on any atom is -0.379 e. The number of fused-ring (bicyclic) bond motifs is 1. The summed E-state index contributed by atoms with van der Waals surface area (Å²) in [5, 5.41) is 2.86. The molecule has 0 aromatic heterocycles. The lowest BCUT2D eigenvalue weighted by Crippen LogP contribution is -2.57. The van der Waals surface area contributed by atoms with Crippen LogP contribution in [0.2, 0.25) is 0 Å². The van der Waals surface area contributed by atoms with E-state index in [9.17, 15) is 9.59 Å². The van der Waals surface area contributed by atoms with Crippen LogP contribution in [0.1, 0.15) is 0 Å². The summed E-state index contributed by atoms with van der Waals surface area (Å²) < 4.78 is 5.22. The minimum absolute atomic E-state index is 0.229. The molecule has 0 saturated carbocycles. The summed E-state index contributed by atoms with van der Waals surface area (Å²) in [6, 6.07) is -0.506. The molecule has 94 valence electrons. The van der Waals surface area contributed by atoms with Crippen LogP contribution in [0.15, 0.2) is 29.3 Å². The summed E-state index contributed by atoms with van der Waals surface area (Å²) in [5.41, 5.74) is 0.525. The van der Waals surface area contributed by atoms with Crippen molar-refractivity contribution in [3.63, 3.8) is 0 Å². The van der Waals surface area contributed by atoms with Gasteiger partial charge in [-0.15, -0.1) is 0 Å². The predicted octanol–water partition coefficient (Wildman–Crippen LogP) is 0.379. The normalized spacial score (nSPS) is 28.3. The lowest BCUT2D eigenvalue weighted by atomic mass is 9.96. The van der Waals surface area contributed by atoms with Gasteiger partial charge in [0.15, 0.2) is 0 Å². The van der Waals surface area contributed by atoms with E-state index in [4.69, 9.17) is 4.74 Å². The number of allylic oxidation sites excluding steroid dienone is 3. The molecule has 0 aromatic carbocycles. The maximum absolute atomic E-state index is 12.3. The molecule has 1 saturated heterocycles. The second-order valence-electron chi connectivity index (χ2n) is 4.26. The Bertz CT molecular complexity index is 475. The molecule has 1 unspecified atom stereocenters. The summed E-state index contributed by atoms with van der Waals surface area (Å²) in [6.07, 6.45) is 7.05.